The molecule has 1 N–H and O–H groups in total. The predicted molar refractivity (Wildman–Crippen MR) is 55.1 cm³/mol. The SMILES string of the molecule is COC(C)CC(O)Cc1ccsc1. The molecule has 1 rings (SSSR count). The molecule has 2 nitrogen and oxygen atoms in total. The molecule has 0 amide bonds. The predicted octanol–water partition coefficient (Wildman–Crippen LogP) is 2.08. The number of hydrogen-bond donors (Lipinski definition) is 1. The molecule has 0 fully saturated rings. The van der Waals surface area contributed by atoms with Gasteiger partial charge in [-0.2, -0.15) is 11.3 Å². The molecule has 0 aliphatic rings. The van der Waals surface area contributed by atoms with Crippen LogP contribution in [-0.2, 0) is 11.2 Å². The minimum atomic E-state index is -0.287. The van der Waals surface area contributed by atoms with Crippen molar-refractivity contribution in [3.8, 4) is 0 Å². The van der Waals surface area contributed by atoms with E-state index in [-0.39, 0.29) is 12.2 Å². The molecule has 74 valence electrons. The fraction of sp³-hybridized carbons (Fsp3) is 0.600. The highest BCUT2D eigenvalue weighted by Gasteiger charge is 2.10. The van der Waals surface area contributed by atoms with Crippen LogP contribution in [0.4, 0.5) is 0 Å². The van der Waals surface area contributed by atoms with Gasteiger partial charge in [0, 0.05) is 7.11 Å². The van der Waals surface area contributed by atoms with E-state index in [1.54, 1.807) is 18.4 Å². The van der Waals surface area contributed by atoms with Crippen LogP contribution in [0.1, 0.15) is 18.9 Å². The van der Waals surface area contributed by atoms with E-state index in [1.165, 1.54) is 5.56 Å². The van der Waals surface area contributed by atoms with Crippen molar-refractivity contribution in [1.29, 1.82) is 0 Å². The zero-order chi connectivity index (χ0) is 9.68. The van der Waals surface area contributed by atoms with Crippen molar-refractivity contribution in [3.05, 3.63) is 22.4 Å². The molecule has 0 aliphatic heterocycles. The van der Waals surface area contributed by atoms with Crippen molar-refractivity contribution >= 4 is 11.3 Å². The van der Waals surface area contributed by atoms with Crippen molar-refractivity contribution in [2.45, 2.75) is 32.0 Å². The normalized spacial score (nSPS) is 15.6. The van der Waals surface area contributed by atoms with E-state index in [2.05, 4.69) is 5.38 Å². The first-order chi connectivity index (χ1) is 6.22. The molecule has 0 aliphatic carbocycles. The van der Waals surface area contributed by atoms with E-state index in [9.17, 15) is 5.11 Å². The van der Waals surface area contributed by atoms with Gasteiger partial charge in [-0.3, -0.25) is 0 Å². The summed E-state index contributed by atoms with van der Waals surface area (Å²) in [6, 6.07) is 2.05. The molecule has 1 aromatic rings. The summed E-state index contributed by atoms with van der Waals surface area (Å²) in [5.74, 6) is 0. The van der Waals surface area contributed by atoms with Gasteiger partial charge in [0.25, 0.3) is 0 Å². The van der Waals surface area contributed by atoms with Crippen LogP contribution in [0.3, 0.4) is 0 Å². The van der Waals surface area contributed by atoms with Crippen molar-refractivity contribution < 1.29 is 9.84 Å². The first-order valence-electron chi connectivity index (χ1n) is 4.44. The fourth-order valence-electron chi connectivity index (χ4n) is 1.24. The van der Waals surface area contributed by atoms with Crippen LogP contribution in [0.25, 0.3) is 0 Å². The van der Waals surface area contributed by atoms with Crippen LogP contribution in [0.2, 0.25) is 0 Å². The minimum Gasteiger partial charge on any atom is -0.393 e. The molecule has 0 aromatic carbocycles. The highest BCUT2D eigenvalue weighted by molar-refractivity contribution is 7.07. The largest absolute Gasteiger partial charge is 0.393 e. The molecule has 0 bridgehead atoms. The molecule has 1 aromatic heterocycles. The number of aliphatic hydroxyl groups is 1. The molecule has 0 spiro atoms. The molecule has 0 radical (unpaired) electrons. The zero-order valence-corrected chi connectivity index (χ0v) is 8.88. The van der Waals surface area contributed by atoms with E-state index in [0.29, 0.717) is 6.42 Å². The van der Waals surface area contributed by atoms with E-state index in [4.69, 9.17) is 4.74 Å². The maximum absolute atomic E-state index is 9.65. The molecule has 1 heterocycles. The Kier molecular flexibility index (Phi) is 4.42. The van der Waals surface area contributed by atoms with E-state index in [1.807, 2.05) is 18.4 Å². The van der Waals surface area contributed by atoms with Crippen molar-refractivity contribution in [2.75, 3.05) is 7.11 Å². The molecule has 0 saturated heterocycles. The molecule has 3 heteroatoms. The van der Waals surface area contributed by atoms with Crippen molar-refractivity contribution in [1.82, 2.24) is 0 Å². The lowest BCUT2D eigenvalue weighted by molar-refractivity contribution is 0.0566. The standard InChI is InChI=1S/C10H16O2S/c1-8(12-2)5-10(11)6-9-3-4-13-7-9/h3-4,7-8,10-11H,5-6H2,1-2H3. The Labute approximate surface area is 83.2 Å². The number of rotatable bonds is 5. The van der Waals surface area contributed by atoms with Gasteiger partial charge in [0.05, 0.1) is 12.2 Å². The van der Waals surface area contributed by atoms with Crippen LogP contribution < -0.4 is 0 Å². The summed E-state index contributed by atoms with van der Waals surface area (Å²) in [4.78, 5) is 0. The zero-order valence-electron chi connectivity index (χ0n) is 8.06. The number of hydrogen-bond acceptors (Lipinski definition) is 3. The van der Waals surface area contributed by atoms with Gasteiger partial charge >= 0.3 is 0 Å². The maximum atomic E-state index is 9.65. The summed E-state index contributed by atoms with van der Waals surface area (Å²) in [6.45, 7) is 1.97. The summed E-state index contributed by atoms with van der Waals surface area (Å²) in [5, 5.41) is 13.7. The lowest BCUT2D eigenvalue weighted by Gasteiger charge is -2.14. The van der Waals surface area contributed by atoms with Gasteiger partial charge in [0.1, 0.15) is 0 Å². The van der Waals surface area contributed by atoms with Gasteiger partial charge in [0.15, 0.2) is 0 Å². The molecule has 2 atom stereocenters. The molecule has 2 unspecified atom stereocenters. The van der Waals surface area contributed by atoms with Crippen LogP contribution in [0.15, 0.2) is 16.8 Å². The molecular weight excluding hydrogens is 184 g/mol. The highest BCUT2D eigenvalue weighted by atomic mass is 32.1. The fourth-order valence-corrected chi connectivity index (χ4v) is 1.93. The summed E-state index contributed by atoms with van der Waals surface area (Å²) >= 11 is 1.66. The van der Waals surface area contributed by atoms with E-state index >= 15 is 0 Å². The first-order valence-corrected chi connectivity index (χ1v) is 5.38. The van der Waals surface area contributed by atoms with Gasteiger partial charge in [-0.15, -0.1) is 0 Å². The van der Waals surface area contributed by atoms with Gasteiger partial charge in [-0.1, -0.05) is 0 Å². The number of ether oxygens (including phenoxy) is 1. The van der Waals surface area contributed by atoms with Gasteiger partial charge in [-0.05, 0) is 42.2 Å². The average molecular weight is 200 g/mol. The molecule has 0 saturated carbocycles. The van der Waals surface area contributed by atoms with E-state index < -0.39 is 0 Å². The summed E-state index contributed by atoms with van der Waals surface area (Å²) < 4.78 is 5.08. The molecular formula is C10H16O2S. The maximum Gasteiger partial charge on any atom is 0.0605 e. The third-order valence-electron chi connectivity index (χ3n) is 2.06. The Bertz CT molecular complexity index is 221. The third kappa shape index (κ3) is 3.89. The van der Waals surface area contributed by atoms with Gasteiger partial charge in [0.2, 0.25) is 0 Å². The average Bonchev–Trinajstić information content (AvgIpc) is 2.56. The Morgan fingerprint density at radius 3 is 2.92 bits per heavy atom. The summed E-state index contributed by atoms with van der Waals surface area (Å²) in [7, 11) is 1.67. The Morgan fingerprint density at radius 2 is 2.38 bits per heavy atom. The number of thiophene rings is 1. The summed E-state index contributed by atoms with van der Waals surface area (Å²) in [5.41, 5.74) is 1.21. The van der Waals surface area contributed by atoms with E-state index in [0.717, 1.165) is 6.42 Å². The second-order valence-corrected chi connectivity index (χ2v) is 4.05. The van der Waals surface area contributed by atoms with Crippen molar-refractivity contribution in [3.63, 3.8) is 0 Å². The van der Waals surface area contributed by atoms with Crippen LogP contribution >= 0.6 is 11.3 Å². The first kappa shape index (κ1) is 10.7. The molecule has 13 heavy (non-hydrogen) atoms. The van der Waals surface area contributed by atoms with Crippen LogP contribution in [-0.4, -0.2) is 24.4 Å². The van der Waals surface area contributed by atoms with Crippen LogP contribution in [0, 0.1) is 0 Å². The Morgan fingerprint density at radius 1 is 1.62 bits per heavy atom. The topological polar surface area (TPSA) is 29.5 Å². The van der Waals surface area contributed by atoms with Gasteiger partial charge in [-0.25, -0.2) is 0 Å². The van der Waals surface area contributed by atoms with Crippen molar-refractivity contribution in [2.24, 2.45) is 0 Å². The van der Waals surface area contributed by atoms with Crippen LogP contribution in [0.5, 0.6) is 0 Å². The monoisotopic (exact) mass is 200 g/mol. The Balaban J connectivity index is 2.29. The van der Waals surface area contributed by atoms with Gasteiger partial charge < -0.3 is 9.84 Å². The number of methoxy groups -OCH3 is 1. The second-order valence-electron chi connectivity index (χ2n) is 3.27. The lowest BCUT2D eigenvalue weighted by Crippen LogP contribution is -2.18. The minimum absolute atomic E-state index is 0.133. The Hall–Kier alpha value is -0.380. The third-order valence-corrected chi connectivity index (χ3v) is 2.79. The number of aliphatic hydroxyl groups excluding tert-OH is 1. The lowest BCUT2D eigenvalue weighted by atomic mass is 10.1. The summed E-state index contributed by atoms with van der Waals surface area (Å²) in [6.07, 6.45) is 1.28. The second kappa shape index (κ2) is 5.37. The quantitative estimate of drug-likeness (QED) is 0.788. The highest BCUT2D eigenvalue weighted by Crippen LogP contribution is 2.11. The smallest absolute Gasteiger partial charge is 0.0605 e.